The molecule has 0 bridgehead atoms. The third kappa shape index (κ3) is 3.71. The highest BCUT2D eigenvalue weighted by Crippen LogP contribution is 2.23. The summed E-state index contributed by atoms with van der Waals surface area (Å²) in [5.74, 6) is 0.887. The van der Waals surface area contributed by atoms with Crippen LogP contribution in [0.2, 0.25) is 0 Å². The Balaban J connectivity index is 1.74. The average Bonchev–Trinajstić information content (AvgIpc) is 3.02. The average molecular weight is 326 g/mol. The highest BCUT2D eigenvalue weighted by molar-refractivity contribution is 5.98. The molecular weight excluding hydrogens is 304 g/mol. The summed E-state index contributed by atoms with van der Waals surface area (Å²) in [6, 6.07) is 7.75. The van der Waals surface area contributed by atoms with E-state index in [9.17, 15) is 4.79 Å². The Morgan fingerprint density at radius 2 is 2.04 bits per heavy atom. The van der Waals surface area contributed by atoms with Gasteiger partial charge in [0, 0.05) is 38.6 Å². The van der Waals surface area contributed by atoms with Crippen molar-refractivity contribution in [2.24, 2.45) is 5.92 Å². The van der Waals surface area contributed by atoms with E-state index in [1.807, 2.05) is 12.1 Å². The van der Waals surface area contributed by atoms with E-state index in [1.54, 1.807) is 49.7 Å². The van der Waals surface area contributed by atoms with Crippen molar-refractivity contribution in [1.29, 1.82) is 0 Å². The van der Waals surface area contributed by atoms with E-state index >= 15 is 0 Å². The first-order chi connectivity index (χ1) is 11.6. The largest absolute Gasteiger partial charge is 0.379 e. The quantitative estimate of drug-likeness (QED) is 0.908. The van der Waals surface area contributed by atoms with Crippen molar-refractivity contribution >= 4 is 11.7 Å². The van der Waals surface area contributed by atoms with Crippen LogP contribution in [0.1, 0.15) is 15.9 Å². The molecular formula is C18H22N4O2. The second-order valence-electron chi connectivity index (χ2n) is 6.21. The van der Waals surface area contributed by atoms with E-state index in [4.69, 9.17) is 4.74 Å². The zero-order valence-corrected chi connectivity index (χ0v) is 14.0. The van der Waals surface area contributed by atoms with Gasteiger partial charge in [-0.1, -0.05) is 0 Å². The van der Waals surface area contributed by atoms with Gasteiger partial charge in [-0.25, -0.2) is 4.98 Å². The summed E-state index contributed by atoms with van der Waals surface area (Å²) in [6.07, 6.45) is 6.22. The van der Waals surface area contributed by atoms with Crippen LogP contribution in [-0.4, -0.2) is 54.1 Å². The number of nitrogens with zero attached hydrogens (tertiary/aromatic N) is 3. The highest BCUT2D eigenvalue weighted by atomic mass is 16.5. The summed E-state index contributed by atoms with van der Waals surface area (Å²) in [4.78, 5) is 22.3. The van der Waals surface area contributed by atoms with Gasteiger partial charge >= 0.3 is 0 Å². The smallest absolute Gasteiger partial charge is 0.257 e. The minimum atomic E-state index is -0.0600. The van der Waals surface area contributed by atoms with Crippen LogP contribution in [-0.2, 0) is 11.2 Å². The molecule has 1 aliphatic rings. The second kappa shape index (κ2) is 7.40. The van der Waals surface area contributed by atoms with E-state index in [1.165, 1.54) is 5.56 Å². The summed E-state index contributed by atoms with van der Waals surface area (Å²) in [6.45, 7) is 1.31. The Morgan fingerprint density at radius 3 is 2.79 bits per heavy atom. The Bertz CT molecular complexity index is 690. The van der Waals surface area contributed by atoms with Crippen LogP contribution in [0.25, 0.3) is 0 Å². The van der Waals surface area contributed by atoms with Crippen LogP contribution in [0.3, 0.4) is 0 Å². The van der Waals surface area contributed by atoms with Crippen molar-refractivity contribution < 1.29 is 9.53 Å². The molecule has 6 heteroatoms. The zero-order chi connectivity index (χ0) is 16.9. The zero-order valence-electron chi connectivity index (χ0n) is 14.0. The molecule has 1 amide bonds. The lowest BCUT2D eigenvalue weighted by atomic mass is 9.95. The van der Waals surface area contributed by atoms with E-state index in [2.05, 4.69) is 15.3 Å². The lowest BCUT2D eigenvalue weighted by Gasteiger charge is -2.21. The molecule has 3 heterocycles. The van der Waals surface area contributed by atoms with E-state index in [0.29, 0.717) is 30.5 Å². The molecule has 0 spiro atoms. The summed E-state index contributed by atoms with van der Waals surface area (Å²) in [5.41, 5.74) is 1.81. The molecule has 0 radical (unpaired) electrons. The van der Waals surface area contributed by atoms with Gasteiger partial charge in [0.2, 0.25) is 0 Å². The number of carbonyl (C=O) groups excluding carboxylic acids is 1. The molecule has 0 aromatic carbocycles. The number of hydrogen-bond acceptors (Lipinski definition) is 5. The maximum Gasteiger partial charge on any atom is 0.257 e. The lowest BCUT2D eigenvalue weighted by Crippen LogP contribution is -2.31. The molecule has 2 aromatic rings. The summed E-state index contributed by atoms with van der Waals surface area (Å²) < 4.78 is 5.66. The maximum atomic E-state index is 12.3. The molecule has 1 saturated heterocycles. The van der Waals surface area contributed by atoms with Gasteiger partial charge < -0.3 is 15.0 Å². The second-order valence-corrected chi connectivity index (χ2v) is 6.21. The molecule has 1 N–H and O–H groups in total. The molecule has 0 aliphatic carbocycles. The third-order valence-corrected chi connectivity index (χ3v) is 4.21. The first-order valence-corrected chi connectivity index (χ1v) is 8.05. The fourth-order valence-corrected chi connectivity index (χ4v) is 2.89. The fraction of sp³-hybridized carbons (Fsp3) is 0.389. The number of rotatable bonds is 5. The van der Waals surface area contributed by atoms with Gasteiger partial charge in [-0.3, -0.25) is 9.78 Å². The highest BCUT2D eigenvalue weighted by Gasteiger charge is 2.29. The topological polar surface area (TPSA) is 67.4 Å². The molecule has 24 heavy (non-hydrogen) atoms. The van der Waals surface area contributed by atoms with Crippen LogP contribution in [0, 0.1) is 5.92 Å². The van der Waals surface area contributed by atoms with Crippen molar-refractivity contribution in [2.45, 2.75) is 12.5 Å². The number of nitrogens with one attached hydrogen (secondary N) is 1. The number of carbonyl (C=O) groups is 1. The van der Waals surface area contributed by atoms with Crippen molar-refractivity contribution in [2.75, 3.05) is 32.6 Å². The number of pyridine rings is 2. The number of amides is 1. The first-order valence-electron chi connectivity index (χ1n) is 8.05. The molecule has 3 rings (SSSR count). The van der Waals surface area contributed by atoms with Crippen LogP contribution in [0.15, 0.2) is 42.9 Å². The Morgan fingerprint density at radius 1 is 1.25 bits per heavy atom. The predicted octanol–water partition coefficient (Wildman–Crippen LogP) is 1.85. The molecule has 1 aliphatic heterocycles. The Hall–Kier alpha value is -2.47. The van der Waals surface area contributed by atoms with Gasteiger partial charge in [0.1, 0.15) is 5.82 Å². The van der Waals surface area contributed by atoms with Gasteiger partial charge in [0.15, 0.2) is 0 Å². The molecule has 6 nitrogen and oxygen atoms in total. The van der Waals surface area contributed by atoms with Gasteiger partial charge in [-0.2, -0.15) is 0 Å². The number of hydrogen-bond donors (Lipinski definition) is 1. The van der Waals surface area contributed by atoms with Gasteiger partial charge in [-0.15, -0.1) is 0 Å². The van der Waals surface area contributed by atoms with Crippen molar-refractivity contribution in [3.05, 3.63) is 54.0 Å². The number of ether oxygens (including phenoxy) is 1. The van der Waals surface area contributed by atoms with Crippen molar-refractivity contribution in [1.82, 2.24) is 14.9 Å². The van der Waals surface area contributed by atoms with Gasteiger partial charge in [0.05, 0.1) is 24.8 Å². The lowest BCUT2D eigenvalue weighted by molar-refractivity contribution is 0.0828. The Kier molecular flexibility index (Phi) is 5.05. The molecule has 2 aromatic heterocycles. The molecule has 2 atom stereocenters. The molecule has 126 valence electrons. The van der Waals surface area contributed by atoms with Crippen LogP contribution >= 0.6 is 0 Å². The number of anilines is 1. The predicted molar refractivity (Wildman–Crippen MR) is 91.9 cm³/mol. The minimum absolute atomic E-state index is 0.0600. The maximum absolute atomic E-state index is 12.3. The Labute approximate surface area is 141 Å². The normalized spacial score (nSPS) is 19.9. The fourth-order valence-electron chi connectivity index (χ4n) is 2.89. The van der Waals surface area contributed by atoms with E-state index in [-0.39, 0.29) is 11.9 Å². The molecule has 1 fully saturated rings. The standard InChI is InChI=1S/C18H22N4O2/c1-22(2)18(23)15-4-3-7-20-17(15)21-16-12-24-11-14(16)10-13-5-8-19-9-6-13/h3-9,14,16H,10-12H2,1-2H3,(H,20,21)/t14-,16-/m1/s1. The summed E-state index contributed by atoms with van der Waals surface area (Å²) in [5, 5.41) is 3.42. The van der Waals surface area contributed by atoms with Crippen LogP contribution in [0.4, 0.5) is 5.82 Å². The van der Waals surface area contributed by atoms with E-state index in [0.717, 1.165) is 6.42 Å². The third-order valence-electron chi connectivity index (χ3n) is 4.21. The monoisotopic (exact) mass is 326 g/mol. The first kappa shape index (κ1) is 16.4. The van der Waals surface area contributed by atoms with Gasteiger partial charge in [-0.05, 0) is 36.2 Å². The molecule has 0 unspecified atom stereocenters. The minimum Gasteiger partial charge on any atom is -0.379 e. The molecule has 0 saturated carbocycles. The van der Waals surface area contributed by atoms with Crippen molar-refractivity contribution in [3.8, 4) is 0 Å². The SMILES string of the molecule is CN(C)C(=O)c1cccnc1N[C@@H]1COC[C@H]1Cc1ccncc1. The van der Waals surface area contributed by atoms with Crippen molar-refractivity contribution in [3.63, 3.8) is 0 Å². The van der Waals surface area contributed by atoms with Crippen LogP contribution in [0.5, 0.6) is 0 Å². The summed E-state index contributed by atoms with van der Waals surface area (Å²) in [7, 11) is 3.48. The van der Waals surface area contributed by atoms with Crippen LogP contribution < -0.4 is 5.32 Å². The summed E-state index contributed by atoms with van der Waals surface area (Å²) >= 11 is 0. The number of aromatic nitrogens is 2. The van der Waals surface area contributed by atoms with Gasteiger partial charge in [0.25, 0.3) is 5.91 Å². The van der Waals surface area contributed by atoms with E-state index < -0.39 is 0 Å².